The van der Waals surface area contributed by atoms with E-state index in [2.05, 4.69) is 59.5 Å². The van der Waals surface area contributed by atoms with E-state index in [-0.39, 0.29) is 18.0 Å². The Morgan fingerprint density at radius 1 is 1.26 bits per heavy atom. The second-order valence-corrected chi connectivity index (χ2v) is 6.22. The molecule has 1 unspecified atom stereocenters. The predicted molar refractivity (Wildman–Crippen MR) is 83.0 cm³/mol. The Morgan fingerprint density at radius 3 is 2.53 bits per heavy atom. The lowest BCUT2D eigenvalue weighted by atomic mass is 10.1. The fraction of sp³-hybridized carbons (Fsp3) is 0.533. The Labute approximate surface area is 124 Å². The molecular weight excluding hydrogens is 304 g/mol. The lowest BCUT2D eigenvalue weighted by molar-refractivity contribution is -0.123. The summed E-state index contributed by atoms with van der Waals surface area (Å²) in [5, 5.41) is 6.25. The summed E-state index contributed by atoms with van der Waals surface area (Å²) < 4.78 is 1.05. The van der Waals surface area contributed by atoms with Gasteiger partial charge in [-0.15, -0.1) is 0 Å². The first kappa shape index (κ1) is 16.2. The third-order valence-electron chi connectivity index (χ3n) is 2.93. The van der Waals surface area contributed by atoms with E-state index < -0.39 is 0 Å². The van der Waals surface area contributed by atoms with Gasteiger partial charge in [0.05, 0.1) is 6.04 Å². The number of carbonyl (C=O) groups excluding carboxylic acids is 1. The van der Waals surface area contributed by atoms with E-state index in [1.165, 1.54) is 0 Å². The van der Waals surface area contributed by atoms with Gasteiger partial charge in [0, 0.05) is 17.1 Å². The summed E-state index contributed by atoms with van der Waals surface area (Å²) in [6.07, 6.45) is 0. The molecule has 0 aliphatic carbocycles. The zero-order chi connectivity index (χ0) is 14.4. The van der Waals surface area contributed by atoms with Crippen LogP contribution in [-0.4, -0.2) is 18.5 Å². The largest absolute Gasteiger partial charge is 0.354 e. The van der Waals surface area contributed by atoms with Crippen molar-refractivity contribution in [2.45, 2.75) is 39.8 Å². The molecule has 106 valence electrons. The maximum atomic E-state index is 11.9. The lowest BCUT2D eigenvalue weighted by Crippen LogP contribution is -2.44. The second kappa shape index (κ2) is 7.65. The minimum Gasteiger partial charge on any atom is -0.354 e. The van der Waals surface area contributed by atoms with Gasteiger partial charge in [-0.1, -0.05) is 41.9 Å². The molecule has 0 aromatic heterocycles. The lowest BCUT2D eigenvalue weighted by Gasteiger charge is -2.20. The highest BCUT2D eigenvalue weighted by Gasteiger charge is 2.16. The molecule has 0 aliphatic rings. The van der Waals surface area contributed by atoms with Crippen LogP contribution in [0.2, 0.25) is 0 Å². The molecule has 19 heavy (non-hydrogen) atoms. The zero-order valence-electron chi connectivity index (χ0n) is 12.0. The predicted octanol–water partition coefficient (Wildman–Crippen LogP) is 3.26. The van der Waals surface area contributed by atoms with Crippen LogP contribution in [0.5, 0.6) is 0 Å². The summed E-state index contributed by atoms with van der Waals surface area (Å²) in [5.41, 5.74) is 1.16. The third kappa shape index (κ3) is 5.74. The molecule has 0 fully saturated rings. The van der Waals surface area contributed by atoms with Crippen LogP contribution in [0.4, 0.5) is 0 Å². The Kier molecular flexibility index (Phi) is 6.52. The first-order valence-corrected chi connectivity index (χ1v) is 7.48. The molecule has 4 heteroatoms. The second-order valence-electron chi connectivity index (χ2n) is 5.30. The van der Waals surface area contributed by atoms with E-state index in [4.69, 9.17) is 0 Å². The molecule has 0 heterocycles. The van der Waals surface area contributed by atoms with Gasteiger partial charge >= 0.3 is 0 Å². The number of hydrogen-bond donors (Lipinski definition) is 2. The molecule has 0 spiro atoms. The zero-order valence-corrected chi connectivity index (χ0v) is 13.6. The van der Waals surface area contributed by atoms with Crippen molar-refractivity contribution in [3.63, 3.8) is 0 Å². The number of halogens is 1. The number of amides is 1. The standard InChI is InChI=1S/C15H23BrN2O/c1-10(2)9-17-15(19)12(4)18-11(3)13-6-5-7-14(16)8-13/h5-8,10-12,18H,9H2,1-4H3,(H,17,19)/t11-,12?/m0/s1. The molecule has 1 aromatic carbocycles. The fourth-order valence-corrected chi connectivity index (χ4v) is 2.20. The van der Waals surface area contributed by atoms with E-state index in [9.17, 15) is 4.79 Å². The molecule has 1 amide bonds. The van der Waals surface area contributed by atoms with Crippen molar-refractivity contribution in [3.05, 3.63) is 34.3 Å². The average Bonchev–Trinajstić information content (AvgIpc) is 2.35. The molecule has 1 rings (SSSR count). The SMILES string of the molecule is CC(C)CNC(=O)C(C)N[C@@H](C)c1cccc(Br)c1. The van der Waals surface area contributed by atoms with Gasteiger partial charge in [0.1, 0.15) is 0 Å². The normalized spacial score (nSPS) is 14.2. The van der Waals surface area contributed by atoms with Gasteiger partial charge in [0.2, 0.25) is 5.91 Å². The summed E-state index contributed by atoms with van der Waals surface area (Å²) in [4.78, 5) is 11.9. The van der Waals surface area contributed by atoms with E-state index in [0.29, 0.717) is 5.92 Å². The van der Waals surface area contributed by atoms with Crippen LogP contribution in [0.3, 0.4) is 0 Å². The van der Waals surface area contributed by atoms with Crippen molar-refractivity contribution < 1.29 is 4.79 Å². The van der Waals surface area contributed by atoms with Crippen molar-refractivity contribution in [3.8, 4) is 0 Å². The summed E-state index contributed by atoms with van der Waals surface area (Å²) in [6, 6.07) is 8.05. The number of hydrogen-bond acceptors (Lipinski definition) is 2. The van der Waals surface area contributed by atoms with Crippen LogP contribution in [-0.2, 0) is 4.79 Å². The Morgan fingerprint density at radius 2 is 1.95 bits per heavy atom. The van der Waals surface area contributed by atoms with E-state index >= 15 is 0 Å². The Bertz CT molecular complexity index is 420. The number of nitrogens with one attached hydrogen (secondary N) is 2. The van der Waals surface area contributed by atoms with Crippen molar-refractivity contribution in [2.24, 2.45) is 5.92 Å². The monoisotopic (exact) mass is 326 g/mol. The minimum absolute atomic E-state index is 0.0514. The molecular formula is C15H23BrN2O. The van der Waals surface area contributed by atoms with Crippen LogP contribution in [0, 0.1) is 5.92 Å². The fourth-order valence-electron chi connectivity index (χ4n) is 1.78. The smallest absolute Gasteiger partial charge is 0.236 e. The molecule has 0 radical (unpaired) electrons. The highest BCUT2D eigenvalue weighted by molar-refractivity contribution is 9.10. The summed E-state index contributed by atoms with van der Waals surface area (Å²) in [7, 11) is 0. The van der Waals surface area contributed by atoms with Gasteiger partial charge in [-0.2, -0.15) is 0 Å². The van der Waals surface area contributed by atoms with Gasteiger partial charge in [0.15, 0.2) is 0 Å². The van der Waals surface area contributed by atoms with Crippen molar-refractivity contribution in [1.29, 1.82) is 0 Å². The third-order valence-corrected chi connectivity index (χ3v) is 3.42. The van der Waals surface area contributed by atoms with Crippen LogP contribution in [0.15, 0.2) is 28.7 Å². The van der Waals surface area contributed by atoms with E-state index in [1.807, 2.05) is 19.1 Å². The molecule has 3 nitrogen and oxygen atoms in total. The molecule has 2 N–H and O–H groups in total. The van der Waals surface area contributed by atoms with Gasteiger partial charge in [-0.25, -0.2) is 0 Å². The molecule has 0 saturated heterocycles. The minimum atomic E-state index is -0.201. The maximum absolute atomic E-state index is 11.9. The first-order chi connectivity index (χ1) is 8.90. The maximum Gasteiger partial charge on any atom is 0.236 e. The number of carbonyl (C=O) groups is 1. The summed E-state index contributed by atoms with van der Waals surface area (Å²) in [6.45, 7) is 8.85. The highest BCUT2D eigenvalue weighted by atomic mass is 79.9. The Hall–Kier alpha value is -0.870. The molecule has 0 aliphatic heterocycles. The number of rotatable bonds is 6. The van der Waals surface area contributed by atoms with Gasteiger partial charge in [0.25, 0.3) is 0 Å². The van der Waals surface area contributed by atoms with Crippen LogP contribution < -0.4 is 10.6 Å². The highest BCUT2D eigenvalue weighted by Crippen LogP contribution is 2.18. The van der Waals surface area contributed by atoms with Crippen LogP contribution in [0.25, 0.3) is 0 Å². The Balaban J connectivity index is 2.51. The molecule has 0 saturated carbocycles. The van der Waals surface area contributed by atoms with Gasteiger partial charge < -0.3 is 5.32 Å². The summed E-state index contributed by atoms with van der Waals surface area (Å²) in [5.74, 6) is 0.522. The average molecular weight is 327 g/mol. The van der Waals surface area contributed by atoms with E-state index in [1.54, 1.807) is 0 Å². The van der Waals surface area contributed by atoms with Crippen LogP contribution >= 0.6 is 15.9 Å². The van der Waals surface area contributed by atoms with E-state index in [0.717, 1.165) is 16.6 Å². The molecule has 0 bridgehead atoms. The number of benzene rings is 1. The van der Waals surface area contributed by atoms with Crippen molar-refractivity contribution in [2.75, 3.05) is 6.54 Å². The molecule has 2 atom stereocenters. The topological polar surface area (TPSA) is 41.1 Å². The van der Waals surface area contributed by atoms with Gasteiger partial charge in [-0.05, 0) is 37.5 Å². The first-order valence-electron chi connectivity index (χ1n) is 6.69. The molecule has 1 aromatic rings. The van der Waals surface area contributed by atoms with Crippen molar-refractivity contribution >= 4 is 21.8 Å². The van der Waals surface area contributed by atoms with Crippen LogP contribution in [0.1, 0.15) is 39.3 Å². The summed E-state index contributed by atoms with van der Waals surface area (Å²) >= 11 is 3.46. The van der Waals surface area contributed by atoms with Crippen molar-refractivity contribution in [1.82, 2.24) is 10.6 Å². The quantitative estimate of drug-likeness (QED) is 0.842. The van der Waals surface area contributed by atoms with Gasteiger partial charge in [-0.3, -0.25) is 10.1 Å².